The van der Waals surface area contributed by atoms with E-state index in [1.54, 1.807) is 23.7 Å². The molecular formula is C22H21N3O2S2. The van der Waals surface area contributed by atoms with Crippen molar-refractivity contribution in [2.45, 2.75) is 25.7 Å². The van der Waals surface area contributed by atoms with Crippen molar-refractivity contribution in [3.8, 4) is 0 Å². The summed E-state index contributed by atoms with van der Waals surface area (Å²) in [5.41, 5.74) is 5.06. The second-order valence-corrected chi connectivity index (χ2v) is 8.37. The van der Waals surface area contributed by atoms with E-state index in [1.807, 2.05) is 24.3 Å². The average molecular weight is 424 g/mol. The van der Waals surface area contributed by atoms with Crippen LogP contribution in [-0.2, 0) is 24.0 Å². The number of methoxy groups -OCH3 is 1. The number of aryl methyl sites for hydroxylation is 1. The maximum atomic E-state index is 12.3. The number of anilines is 2. The minimum Gasteiger partial charge on any atom is -0.465 e. The lowest BCUT2D eigenvalue weighted by molar-refractivity contribution is 0.0601. The highest BCUT2D eigenvalue weighted by Crippen LogP contribution is 2.39. The summed E-state index contributed by atoms with van der Waals surface area (Å²) < 4.78 is 4.98. The van der Waals surface area contributed by atoms with E-state index in [4.69, 9.17) is 17.0 Å². The Kier molecular flexibility index (Phi) is 5.87. The summed E-state index contributed by atoms with van der Waals surface area (Å²) in [6, 6.07) is 12.2. The maximum absolute atomic E-state index is 12.3. The summed E-state index contributed by atoms with van der Waals surface area (Å²) in [6.07, 6.45) is 7.47. The smallest absolute Gasteiger partial charge is 0.341 e. The Bertz CT molecular complexity index is 1030. The second-order valence-electron chi connectivity index (χ2n) is 6.86. The summed E-state index contributed by atoms with van der Waals surface area (Å²) in [5.74, 6) is -0.310. The van der Waals surface area contributed by atoms with Crippen molar-refractivity contribution in [2.75, 3.05) is 17.7 Å². The number of fused-ring (bicyclic) bond motifs is 1. The van der Waals surface area contributed by atoms with Crippen LogP contribution in [0.5, 0.6) is 0 Å². The van der Waals surface area contributed by atoms with Gasteiger partial charge in [0.05, 0.1) is 12.7 Å². The number of hydrogen-bond acceptors (Lipinski definition) is 5. The van der Waals surface area contributed by atoms with E-state index in [0.717, 1.165) is 41.9 Å². The van der Waals surface area contributed by atoms with Crippen molar-refractivity contribution in [3.63, 3.8) is 0 Å². The molecule has 0 spiro atoms. The van der Waals surface area contributed by atoms with Crippen LogP contribution in [0.15, 0.2) is 48.8 Å². The topological polar surface area (TPSA) is 63.2 Å². The molecule has 4 rings (SSSR count). The Morgan fingerprint density at radius 1 is 1.10 bits per heavy atom. The van der Waals surface area contributed by atoms with Crippen molar-refractivity contribution in [2.24, 2.45) is 0 Å². The summed E-state index contributed by atoms with van der Waals surface area (Å²) in [7, 11) is 1.41. The first-order valence-electron chi connectivity index (χ1n) is 9.42. The van der Waals surface area contributed by atoms with Crippen molar-refractivity contribution >= 4 is 45.3 Å². The van der Waals surface area contributed by atoms with E-state index in [2.05, 4.69) is 27.8 Å². The first kappa shape index (κ1) is 19.5. The molecule has 0 unspecified atom stereocenters. The third-order valence-corrected chi connectivity index (χ3v) is 6.32. The van der Waals surface area contributed by atoms with Crippen molar-refractivity contribution in [1.82, 2.24) is 4.98 Å². The number of hydrogen-bond donors (Lipinski definition) is 2. The van der Waals surface area contributed by atoms with Crippen LogP contribution in [0.25, 0.3) is 0 Å². The van der Waals surface area contributed by atoms with Crippen LogP contribution in [0.2, 0.25) is 0 Å². The molecule has 0 radical (unpaired) electrons. The monoisotopic (exact) mass is 423 g/mol. The van der Waals surface area contributed by atoms with Gasteiger partial charge in [0, 0.05) is 23.0 Å². The van der Waals surface area contributed by atoms with Crippen molar-refractivity contribution in [1.29, 1.82) is 0 Å². The molecule has 1 aliphatic carbocycles. The fourth-order valence-electron chi connectivity index (χ4n) is 3.52. The zero-order chi connectivity index (χ0) is 20.2. The molecule has 0 fully saturated rings. The molecular weight excluding hydrogens is 402 g/mol. The van der Waals surface area contributed by atoms with Crippen LogP contribution >= 0.6 is 23.6 Å². The lowest BCUT2D eigenvalue weighted by Crippen LogP contribution is -2.20. The SMILES string of the molecule is COC(=O)c1c(NC(=S)Nc2ccc(Cc3ccncc3)cc2)sc2c1CCC2. The lowest BCUT2D eigenvalue weighted by Gasteiger charge is -2.12. The molecule has 7 heteroatoms. The molecule has 0 atom stereocenters. The van der Waals surface area contributed by atoms with Crippen LogP contribution in [0, 0.1) is 0 Å². The fraction of sp³-hybridized carbons (Fsp3) is 0.227. The molecule has 1 aromatic carbocycles. The van der Waals surface area contributed by atoms with Gasteiger partial charge >= 0.3 is 5.97 Å². The maximum Gasteiger partial charge on any atom is 0.341 e. The molecule has 2 N–H and O–H groups in total. The molecule has 2 aromatic heterocycles. The number of ether oxygens (including phenoxy) is 1. The third kappa shape index (κ3) is 4.46. The molecule has 0 aliphatic heterocycles. The molecule has 0 amide bonds. The van der Waals surface area contributed by atoms with Crippen LogP contribution in [-0.4, -0.2) is 23.2 Å². The zero-order valence-corrected chi connectivity index (χ0v) is 17.7. The number of nitrogens with one attached hydrogen (secondary N) is 2. The normalized spacial score (nSPS) is 12.3. The zero-order valence-electron chi connectivity index (χ0n) is 16.0. The van der Waals surface area contributed by atoms with Crippen molar-refractivity contribution in [3.05, 3.63) is 75.9 Å². The Hall–Kier alpha value is -2.77. The highest BCUT2D eigenvalue weighted by Gasteiger charge is 2.27. The van der Waals surface area contributed by atoms with Crippen molar-refractivity contribution < 1.29 is 9.53 Å². The van der Waals surface area contributed by atoms with E-state index in [9.17, 15) is 4.79 Å². The Morgan fingerprint density at radius 3 is 2.55 bits per heavy atom. The second kappa shape index (κ2) is 8.71. The van der Waals surface area contributed by atoms with Gasteiger partial charge in [0.2, 0.25) is 0 Å². The van der Waals surface area contributed by atoms with Crippen LogP contribution in [0.3, 0.4) is 0 Å². The summed E-state index contributed by atoms with van der Waals surface area (Å²) in [5, 5.41) is 7.60. The lowest BCUT2D eigenvalue weighted by atomic mass is 10.1. The molecule has 29 heavy (non-hydrogen) atoms. The molecule has 2 heterocycles. The van der Waals surface area contributed by atoms with Gasteiger partial charge in [-0.3, -0.25) is 4.98 Å². The van der Waals surface area contributed by atoms with E-state index in [1.165, 1.54) is 23.1 Å². The summed E-state index contributed by atoms with van der Waals surface area (Å²) in [6.45, 7) is 0. The van der Waals surface area contributed by atoms with Gasteiger partial charge < -0.3 is 15.4 Å². The first-order valence-corrected chi connectivity index (χ1v) is 10.6. The minimum absolute atomic E-state index is 0.310. The van der Waals surface area contributed by atoms with Gasteiger partial charge in [-0.05, 0) is 78.9 Å². The molecule has 1 aliphatic rings. The van der Waals surface area contributed by atoms with E-state index >= 15 is 0 Å². The van der Waals surface area contributed by atoms with Crippen LogP contribution in [0.4, 0.5) is 10.7 Å². The number of thiophene rings is 1. The molecule has 0 saturated heterocycles. The largest absolute Gasteiger partial charge is 0.465 e. The van der Waals surface area contributed by atoms with E-state index in [0.29, 0.717) is 10.7 Å². The third-order valence-electron chi connectivity index (χ3n) is 4.91. The summed E-state index contributed by atoms with van der Waals surface area (Å²) in [4.78, 5) is 17.6. The number of benzene rings is 1. The Balaban J connectivity index is 1.42. The summed E-state index contributed by atoms with van der Waals surface area (Å²) >= 11 is 7.06. The number of pyridine rings is 1. The number of esters is 1. The van der Waals surface area contributed by atoms with Gasteiger partial charge in [-0.1, -0.05) is 12.1 Å². The van der Waals surface area contributed by atoms with Gasteiger partial charge in [-0.15, -0.1) is 11.3 Å². The standard InChI is InChI=1S/C22H21N3O2S2/c1-27-21(26)19-17-3-2-4-18(17)29-20(19)25-22(28)24-16-7-5-14(6-8-16)13-15-9-11-23-12-10-15/h5-12H,2-4,13H2,1H3,(H2,24,25,28). The van der Waals surface area contributed by atoms with Crippen LogP contribution < -0.4 is 10.6 Å². The molecule has 3 aromatic rings. The molecule has 0 bridgehead atoms. The quantitative estimate of drug-likeness (QED) is 0.453. The Morgan fingerprint density at radius 2 is 1.83 bits per heavy atom. The van der Waals surface area contributed by atoms with Gasteiger partial charge in [-0.25, -0.2) is 4.79 Å². The predicted molar refractivity (Wildman–Crippen MR) is 121 cm³/mol. The molecule has 148 valence electrons. The first-order chi connectivity index (χ1) is 14.1. The van der Waals surface area contributed by atoms with Gasteiger partial charge in [-0.2, -0.15) is 0 Å². The number of nitrogens with zero attached hydrogens (tertiary/aromatic N) is 1. The number of carbonyl (C=O) groups is 1. The highest BCUT2D eigenvalue weighted by molar-refractivity contribution is 7.80. The highest BCUT2D eigenvalue weighted by atomic mass is 32.1. The predicted octanol–water partition coefficient (Wildman–Crippen LogP) is 4.82. The minimum atomic E-state index is -0.310. The molecule has 5 nitrogen and oxygen atoms in total. The van der Waals surface area contributed by atoms with Crippen LogP contribution in [0.1, 0.15) is 38.3 Å². The van der Waals surface area contributed by atoms with E-state index in [-0.39, 0.29) is 5.97 Å². The Labute approximate surface area is 179 Å². The number of aromatic nitrogens is 1. The number of rotatable bonds is 5. The fourth-order valence-corrected chi connectivity index (χ4v) is 5.08. The van der Waals surface area contributed by atoms with Gasteiger partial charge in [0.15, 0.2) is 5.11 Å². The van der Waals surface area contributed by atoms with Gasteiger partial charge in [0.1, 0.15) is 5.00 Å². The number of carbonyl (C=O) groups excluding carboxylic acids is 1. The van der Waals surface area contributed by atoms with E-state index < -0.39 is 0 Å². The van der Waals surface area contributed by atoms with Gasteiger partial charge in [0.25, 0.3) is 0 Å². The number of thiocarbonyl (C=S) groups is 1. The average Bonchev–Trinajstić information content (AvgIpc) is 3.30. The molecule has 0 saturated carbocycles.